The Morgan fingerprint density at radius 3 is 2.75 bits per heavy atom. The van der Waals surface area contributed by atoms with E-state index in [9.17, 15) is 13.9 Å². The van der Waals surface area contributed by atoms with Gasteiger partial charge in [-0.15, -0.1) is 5.10 Å². The minimum atomic E-state index is -0.910. The quantitative estimate of drug-likeness (QED) is 0.896. The predicted octanol–water partition coefficient (Wildman–Crippen LogP) is 2.09. The smallest absolute Gasteiger partial charge is 0.159 e. The van der Waals surface area contributed by atoms with Gasteiger partial charge >= 0.3 is 0 Å². The fraction of sp³-hybridized carbons (Fsp3) is 0.200. The van der Waals surface area contributed by atoms with Crippen LogP contribution in [0, 0.1) is 11.6 Å². The van der Waals surface area contributed by atoms with Crippen molar-refractivity contribution < 1.29 is 13.9 Å². The maximum atomic E-state index is 12.9. The molecule has 0 spiro atoms. The van der Waals surface area contributed by atoms with E-state index in [1.807, 2.05) is 0 Å². The summed E-state index contributed by atoms with van der Waals surface area (Å²) in [4.78, 5) is 0.602. The third-order valence-corrected chi connectivity index (χ3v) is 2.88. The summed E-state index contributed by atoms with van der Waals surface area (Å²) in [6.07, 6.45) is 0.876. The van der Waals surface area contributed by atoms with Crippen LogP contribution in [0.3, 0.4) is 0 Å². The van der Waals surface area contributed by atoms with E-state index in [1.165, 1.54) is 12.3 Å². The fourth-order valence-corrected chi connectivity index (χ4v) is 1.80. The molecular formula is C10H8F2N2OS. The summed E-state index contributed by atoms with van der Waals surface area (Å²) in [6.45, 7) is 0. The lowest BCUT2D eigenvalue weighted by Crippen LogP contribution is -2.00. The molecule has 0 saturated heterocycles. The largest absolute Gasteiger partial charge is 0.387 e. The summed E-state index contributed by atoms with van der Waals surface area (Å²) in [7, 11) is 0. The summed E-state index contributed by atoms with van der Waals surface area (Å²) >= 11 is 1.08. The Balaban J connectivity index is 2.12. The molecule has 0 aliphatic rings. The highest BCUT2D eigenvalue weighted by atomic mass is 32.1. The number of halogens is 2. The number of aromatic nitrogens is 2. The first-order valence-electron chi connectivity index (χ1n) is 4.56. The molecule has 0 aliphatic heterocycles. The minimum absolute atomic E-state index is 0.209. The first kappa shape index (κ1) is 11.1. The van der Waals surface area contributed by atoms with Gasteiger partial charge in [0.05, 0.1) is 17.2 Å². The third kappa shape index (κ3) is 2.40. The Morgan fingerprint density at radius 1 is 1.31 bits per heavy atom. The molecule has 2 rings (SSSR count). The molecule has 0 fully saturated rings. The first-order chi connectivity index (χ1) is 7.66. The summed E-state index contributed by atoms with van der Waals surface area (Å²) in [5.41, 5.74) is 0.528. The zero-order valence-electron chi connectivity index (χ0n) is 8.10. The SMILES string of the molecule is OC(Cc1ccc(F)c(F)c1)c1cnns1. The molecule has 0 amide bonds. The number of rotatable bonds is 3. The van der Waals surface area contributed by atoms with Crippen molar-refractivity contribution in [2.24, 2.45) is 0 Å². The van der Waals surface area contributed by atoms with E-state index in [4.69, 9.17) is 0 Å². The van der Waals surface area contributed by atoms with Gasteiger partial charge in [0.1, 0.15) is 0 Å². The van der Waals surface area contributed by atoms with Crippen LogP contribution < -0.4 is 0 Å². The average Bonchev–Trinajstić information content (AvgIpc) is 2.77. The number of aliphatic hydroxyl groups excluding tert-OH is 1. The summed E-state index contributed by atoms with van der Waals surface area (Å²) in [5, 5.41) is 13.3. The Morgan fingerprint density at radius 2 is 2.12 bits per heavy atom. The van der Waals surface area contributed by atoms with Crippen LogP contribution in [0.4, 0.5) is 8.78 Å². The fourth-order valence-electron chi connectivity index (χ4n) is 1.31. The van der Waals surface area contributed by atoms with Crippen molar-refractivity contribution in [3.8, 4) is 0 Å². The van der Waals surface area contributed by atoms with Gasteiger partial charge in [0, 0.05) is 6.42 Å². The molecule has 3 nitrogen and oxygen atoms in total. The van der Waals surface area contributed by atoms with Crippen LogP contribution >= 0.6 is 11.5 Å². The molecule has 1 aromatic heterocycles. The first-order valence-corrected chi connectivity index (χ1v) is 5.33. The maximum Gasteiger partial charge on any atom is 0.159 e. The van der Waals surface area contributed by atoms with Crippen molar-refractivity contribution in [1.82, 2.24) is 9.59 Å². The van der Waals surface area contributed by atoms with Gasteiger partial charge in [-0.3, -0.25) is 0 Å². The zero-order valence-corrected chi connectivity index (χ0v) is 8.92. The van der Waals surface area contributed by atoms with E-state index in [0.29, 0.717) is 10.4 Å². The van der Waals surface area contributed by atoms with Gasteiger partial charge in [-0.1, -0.05) is 10.6 Å². The van der Waals surface area contributed by atoms with Crippen LogP contribution in [0.1, 0.15) is 16.5 Å². The van der Waals surface area contributed by atoms with E-state index in [-0.39, 0.29) is 6.42 Å². The molecule has 16 heavy (non-hydrogen) atoms. The lowest BCUT2D eigenvalue weighted by atomic mass is 10.1. The molecule has 1 atom stereocenters. The van der Waals surface area contributed by atoms with Crippen molar-refractivity contribution in [2.75, 3.05) is 0 Å². The number of benzene rings is 1. The summed E-state index contributed by atoms with van der Waals surface area (Å²) < 4.78 is 29.2. The van der Waals surface area contributed by atoms with Crippen molar-refractivity contribution in [3.05, 3.63) is 46.5 Å². The van der Waals surface area contributed by atoms with Crippen molar-refractivity contribution >= 4 is 11.5 Å². The number of nitrogens with zero attached hydrogens (tertiary/aromatic N) is 2. The van der Waals surface area contributed by atoms with Crippen molar-refractivity contribution in [1.29, 1.82) is 0 Å². The predicted molar refractivity (Wildman–Crippen MR) is 54.9 cm³/mol. The molecule has 0 radical (unpaired) electrons. The molecule has 1 aromatic carbocycles. The standard InChI is InChI=1S/C10H8F2N2OS/c11-7-2-1-6(3-8(7)12)4-9(15)10-5-13-14-16-10/h1-3,5,9,15H,4H2. The lowest BCUT2D eigenvalue weighted by molar-refractivity contribution is 0.182. The number of hydrogen-bond donors (Lipinski definition) is 1. The van der Waals surface area contributed by atoms with E-state index in [0.717, 1.165) is 23.7 Å². The van der Waals surface area contributed by atoms with E-state index in [1.54, 1.807) is 0 Å². The molecular weight excluding hydrogens is 234 g/mol. The zero-order chi connectivity index (χ0) is 11.5. The molecule has 1 N–H and O–H groups in total. The average molecular weight is 242 g/mol. The Hall–Kier alpha value is -1.40. The van der Waals surface area contributed by atoms with Gasteiger partial charge in [0.15, 0.2) is 11.6 Å². The molecule has 6 heteroatoms. The second-order valence-electron chi connectivity index (χ2n) is 3.29. The summed E-state index contributed by atoms with van der Waals surface area (Å²) in [5.74, 6) is -1.80. The van der Waals surface area contributed by atoms with E-state index < -0.39 is 17.7 Å². The van der Waals surface area contributed by atoms with Gasteiger partial charge in [0.25, 0.3) is 0 Å². The number of aliphatic hydroxyl groups is 1. The highest BCUT2D eigenvalue weighted by molar-refractivity contribution is 7.05. The molecule has 0 bridgehead atoms. The van der Waals surface area contributed by atoms with Gasteiger partial charge < -0.3 is 5.11 Å². The normalized spacial score (nSPS) is 12.7. The minimum Gasteiger partial charge on any atom is -0.387 e. The lowest BCUT2D eigenvalue weighted by Gasteiger charge is -2.07. The Bertz CT molecular complexity index is 476. The van der Waals surface area contributed by atoms with Gasteiger partial charge in [0.2, 0.25) is 0 Å². The van der Waals surface area contributed by atoms with E-state index in [2.05, 4.69) is 9.59 Å². The van der Waals surface area contributed by atoms with Crippen LogP contribution in [-0.2, 0) is 6.42 Å². The monoisotopic (exact) mass is 242 g/mol. The molecule has 0 aliphatic carbocycles. The molecule has 84 valence electrons. The Labute approximate surface area is 94.5 Å². The molecule has 2 aromatic rings. The van der Waals surface area contributed by atoms with Crippen molar-refractivity contribution in [3.63, 3.8) is 0 Å². The van der Waals surface area contributed by atoms with Gasteiger partial charge in [-0.05, 0) is 29.2 Å². The highest BCUT2D eigenvalue weighted by Gasteiger charge is 2.12. The van der Waals surface area contributed by atoms with Gasteiger partial charge in [-0.25, -0.2) is 8.78 Å². The van der Waals surface area contributed by atoms with Crippen LogP contribution in [0.2, 0.25) is 0 Å². The van der Waals surface area contributed by atoms with Crippen LogP contribution in [0.15, 0.2) is 24.4 Å². The molecule has 0 saturated carbocycles. The second kappa shape index (κ2) is 4.63. The Kier molecular flexibility index (Phi) is 3.21. The third-order valence-electron chi connectivity index (χ3n) is 2.12. The number of hydrogen-bond acceptors (Lipinski definition) is 4. The molecule has 1 unspecified atom stereocenters. The highest BCUT2D eigenvalue weighted by Crippen LogP contribution is 2.20. The van der Waals surface area contributed by atoms with E-state index >= 15 is 0 Å². The second-order valence-corrected chi connectivity index (χ2v) is 4.11. The van der Waals surface area contributed by atoms with Crippen LogP contribution in [0.25, 0.3) is 0 Å². The van der Waals surface area contributed by atoms with Crippen LogP contribution in [0.5, 0.6) is 0 Å². The van der Waals surface area contributed by atoms with Gasteiger partial charge in [-0.2, -0.15) is 0 Å². The molecule has 1 heterocycles. The summed E-state index contributed by atoms with van der Waals surface area (Å²) in [6, 6.07) is 3.56. The maximum absolute atomic E-state index is 12.9. The topological polar surface area (TPSA) is 46.0 Å². The van der Waals surface area contributed by atoms with Crippen LogP contribution in [-0.4, -0.2) is 14.7 Å². The van der Waals surface area contributed by atoms with Crippen molar-refractivity contribution in [2.45, 2.75) is 12.5 Å².